The summed E-state index contributed by atoms with van der Waals surface area (Å²) in [6.45, 7) is 9.46. The van der Waals surface area contributed by atoms with Gasteiger partial charge >= 0.3 is 5.97 Å². The van der Waals surface area contributed by atoms with Gasteiger partial charge in [0, 0.05) is 0 Å². The van der Waals surface area contributed by atoms with E-state index in [-0.39, 0.29) is 18.1 Å². The molecule has 1 saturated heterocycles. The highest BCUT2D eigenvalue weighted by molar-refractivity contribution is 8.18. The number of hydrogen-bond donors (Lipinski definition) is 0. The van der Waals surface area contributed by atoms with E-state index < -0.39 is 17.1 Å². The van der Waals surface area contributed by atoms with Crippen LogP contribution in [0.1, 0.15) is 45.7 Å². The van der Waals surface area contributed by atoms with E-state index in [1.54, 1.807) is 19.9 Å². The summed E-state index contributed by atoms with van der Waals surface area (Å²) in [6, 6.07) is 7.86. The minimum atomic E-state index is -0.590. The third kappa shape index (κ3) is 4.95. The molecule has 0 radical (unpaired) electrons. The highest BCUT2D eigenvalue weighted by Gasteiger charge is 2.36. The summed E-state index contributed by atoms with van der Waals surface area (Å²) in [6.07, 6.45) is 1.38. The summed E-state index contributed by atoms with van der Waals surface area (Å²) < 4.78 is 4.99. The zero-order valence-electron chi connectivity index (χ0n) is 15.2. The number of imide groups is 1. The second kappa shape index (κ2) is 7.44. The molecule has 5 nitrogen and oxygen atoms in total. The van der Waals surface area contributed by atoms with Gasteiger partial charge in [-0.15, -0.1) is 0 Å². The number of thioether (sulfide) groups is 1. The largest absolute Gasteiger partial charge is 0.462 e. The van der Waals surface area contributed by atoms with Crippen LogP contribution in [0.15, 0.2) is 29.2 Å². The predicted molar refractivity (Wildman–Crippen MR) is 99.0 cm³/mol. The molecule has 0 saturated carbocycles. The van der Waals surface area contributed by atoms with Crippen molar-refractivity contribution in [3.8, 4) is 0 Å². The van der Waals surface area contributed by atoms with Gasteiger partial charge in [-0.3, -0.25) is 19.3 Å². The monoisotopic (exact) mass is 361 g/mol. The molecule has 1 aliphatic heterocycles. The molecular formula is C19H23NO4S. The van der Waals surface area contributed by atoms with Crippen molar-refractivity contribution in [2.24, 2.45) is 0 Å². The van der Waals surface area contributed by atoms with Gasteiger partial charge in [0.05, 0.1) is 11.0 Å². The van der Waals surface area contributed by atoms with Crippen LogP contribution in [0.2, 0.25) is 0 Å². The first kappa shape index (κ1) is 19.2. The summed E-state index contributed by atoms with van der Waals surface area (Å²) in [5, 5.41) is -0.455. The number of hydrogen-bond acceptors (Lipinski definition) is 5. The van der Waals surface area contributed by atoms with E-state index in [1.807, 2.05) is 24.3 Å². The highest BCUT2D eigenvalue weighted by Crippen LogP contribution is 2.32. The Labute approximate surface area is 152 Å². The van der Waals surface area contributed by atoms with Crippen molar-refractivity contribution >= 4 is 35.0 Å². The first-order chi connectivity index (χ1) is 11.6. The third-order valence-electron chi connectivity index (χ3n) is 3.60. The Morgan fingerprint density at radius 2 is 1.80 bits per heavy atom. The molecule has 25 heavy (non-hydrogen) atoms. The van der Waals surface area contributed by atoms with Gasteiger partial charge in [-0.05, 0) is 48.2 Å². The summed E-state index contributed by atoms with van der Waals surface area (Å²) in [7, 11) is 0. The van der Waals surface area contributed by atoms with Crippen molar-refractivity contribution in [2.45, 2.75) is 46.1 Å². The van der Waals surface area contributed by atoms with Gasteiger partial charge in [-0.1, -0.05) is 45.0 Å². The Kier molecular flexibility index (Phi) is 5.72. The van der Waals surface area contributed by atoms with Gasteiger partial charge in [0.1, 0.15) is 6.54 Å². The zero-order valence-corrected chi connectivity index (χ0v) is 16.0. The minimum absolute atomic E-state index is 0.0488. The van der Waals surface area contributed by atoms with Crippen molar-refractivity contribution in [2.75, 3.05) is 6.54 Å². The number of amides is 2. The lowest BCUT2D eigenvalue weighted by atomic mass is 9.87. The first-order valence-electron chi connectivity index (χ1n) is 8.13. The molecule has 0 atom stereocenters. The Balaban J connectivity index is 2.13. The van der Waals surface area contributed by atoms with E-state index in [4.69, 9.17) is 4.74 Å². The maximum atomic E-state index is 12.4. The Morgan fingerprint density at radius 3 is 2.32 bits per heavy atom. The molecular weight excluding hydrogens is 338 g/mol. The molecule has 0 aromatic heterocycles. The van der Waals surface area contributed by atoms with Crippen molar-refractivity contribution in [3.05, 3.63) is 40.3 Å². The Hall–Kier alpha value is -2.08. The average Bonchev–Trinajstić information content (AvgIpc) is 2.74. The fraction of sp³-hybridized carbons (Fsp3) is 0.421. The lowest BCUT2D eigenvalue weighted by Gasteiger charge is -2.18. The quantitative estimate of drug-likeness (QED) is 0.600. The van der Waals surface area contributed by atoms with Crippen LogP contribution in [0.4, 0.5) is 4.79 Å². The fourth-order valence-corrected chi connectivity index (χ4v) is 3.13. The van der Waals surface area contributed by atoms with Gasteiger partial charge < -0.3 is 4.74 Å². The smallest absolute Gasteiger partial charge is 0.326 e. The van der Waals surface area contributed by atoms with Crippen LogP contribution < -0.4 is 0 Å². The van der Waals surface area contributed by atoms with E-state index in [0.717, 1.165) is 22.2 Å². The standard InChI is InChI=1S/C19H23NO4S/c1-12(2)24-16(21)11-20-17(22)15(25-18(20)23)10-13-6-8-14(9-7-13)19(3,4)5/h6-10,12H,11H2,1-5H3/b15-10-. The number of carbonyl (C=O) groups excluding carboxylic acids is 3. The normalized spacial score (nSPS) is 16.9. The SMILES string of the molecule is CC(C)OC(=O)CN1C(=O)S/C(=C\c2ccc(C(C)(C)C)cc2)C1=O. The molecule has 1 aromatic carbocycles. The molecule has 0 aliphatic carbocycles. The number of rotatable bonds is 4. The molecule has 2 amide bonds. The van der Waals surface area contributed by atoms with E-state index >= 15 is 0 Å². The molecule has 1 heterocycles. The lowest BCUT2D eigenvalue weighted by molar-refractivity contribution is -0.149. The third-order valence-corrected chi connectivity index (χ3v) is 4.51. The van der Waals surface area contributed by atoms with E-state index in [0.29, 0.717) is 4.91 Å². The number of nitrogens with zero attached hydrogens (tertiary/aromatic N) is 1. The molecule has 0 unspecified atom stereocenters. The van der Waals surface area contributed by atoms with Crippen LogP contribution in [0.25, 0.3) is 6.08 Å². The average molecular weight is 361 g/mol. The maximum Gasteiger partial charge on any atom is 0.326 e. The van der Waals surface area contributed by atoms with E-state index in [9.17, 15) is 14.4 Å². The summed E-state index contributed by atoms with van der Waals surface area (Å²) in [5.74, 6) is -1.05. The Morgan fingerprint density at radius 1 is 1.20 bits per heavy atom. The van der Waals surface area contributed by atoms with Gasteiger partial charge in [-0.25, -0.2) is 0 Å². The second-order valence-electron chi connectivity index (χ2n) is 7.18. The van der Waals surface area contributed by atoms with E-state index in [1.165, 1.54) is 5.56 Å². The van der Waals surface area contributed by atoms with Crippen LogP contribution in [-0.4, -0.2) is 34.7 Å². The first-order valence-corrected chi connectivity index (χ1v) is 8.95. The molecule has 0 spiro atoms. The van der Waals surface area contributed by atoms with Crippen LogP contribution in [0.5, 0.6) is 0 Å². The van der Waals surface area contributed by atoms with Gasteiger partial charge in [0.25, 0.3) is 11.1 Å². The molecule has 1 fully saturated rings. The zero-order chi connectivity index (χ0) is 18.8. The maximum absolute atomic E-state index is 12.4. The van der Waals surface area contributed by atoms with Gasteiger partial charge in [0.15, 0.2) is 0 Å². The molecule has 6 heteroatoms. The molecule has 0 bridgehead atoms. The lowest BCUT2D eigenvalue weighted by Crippen LogP contribution is -2.35. The summed E-state index contributed by atoms with van der Waals surface area (Å²) in [4.78, 5) is 37.3. The van der Waals surface area contributed by atoms with Crippen LogP contribution in [0.3, 0.4) is 0 Å². The molecule has 0 N–H and O–H groups in total. The number of benzene rings is 1. The molecule has 2 rings (SSSR count). The van der Waals surface area contributed by atoms with E-state index in [2.05, 4.69) is 20.8 Å². The summed E-state index contributed by atoms with van der Waals surface area (Å²) in [5.41, 5.74) is 2.07. The van der Waals surface area contributed by atoms with Crippen molar-refractivity contribution in [3.63, 3.8) is 0 Å². The number of carbonyl (C=O) groups is 3. The van der Waals surface area contributed by atoms with Crippen molar-refractivity contribution in [1.29, 1.82) is 0 Å². The van der Waals surface area contributed by atoms with Crippen LogP contribution in [0, 0.1) is 0 Å². The van der Waals surface area contributed by atoms with Crippen LogP contribution >= 0.6 is 11.8 Å². The molecule has 134 valence electrons. The molecule has 1 aliphatic rings. The topological polar surface area (TPSA) is 63.7 Å². The van der Waals surface area contributed by atoms with Gasteiger partial charge in [-0.2, -0.15) is 0 Å². The van der Waals surface area contributed by atoms with Crippen molar-refractivity contribution in [1.82, 2.24) is 4.90 Å². The second-order valence-corrected chi connectivity index (χ2v) is 8.17. The van der Waals surface area contributed by atoms with Gasteiger partial charge in [0.2, 0.25) is 0 Å². The fourth-order valence-electron chi connectivity index (χ4n) is 2.30. The Bertz CT molecular complexity index is 714. The highest BCUT2D eigenvalue weighted by atomic mass is 32.2. The number of esters is 1. The summed E-state index contributed by atoms with van der Waals surface area (Å²) >= 11 is 0.838. The van der Waals surface area contributed by atoms with Crippen LogP contribution in [-0.2, 0) is 19.7 Å². The minimum Gasteiger partial charge on any atom is -0.462 e. The predicted octanol–water partition coefficient (Wildman–Crippen LogP) is 3.97. The van der Waals surface area contributed by atoms with Crippen molar-refractivity contribution < 1.29 is 19.1 Å². The number of ether oxygens (including phenoxy) is 1. The molecule has 1 aromatic rings.